The van der Waals surface area contributed by atoms with Gasteiger partial charge in [-0.3, -0.25) is 9.69 Å². The van der Waals surface area contributed by atoms with E-state index in [0.29, 0.717) is 11.7 Å². The zero-order chi connectivity index (χ0) is 19.6. The second-order valence-electron chi connectivity index (χ2n) is 7.65. The molecule has 1 aromatic heterocycles. The number of hydrogen-bond acceptors (Lipinski definition) is 4. The van der Waals surface area contributed by atoms with Gasteiger partial charge in [0.1, 0.15) is 0 Å². The first kappa shape index (κ1) is 19.5. The summed E-state index contributed by atoms with van der Waals surface area (Å²) in [6, 6.07) is 7.06. The van der Waals surface area contributed by atoms with Gasteiger partial charge in [-0.2, -0.15) is 0 Å². The van der Waals surface area contributed by atoms with Crippen LogP contribution in [0.15, 0.2) is 18.2 Å². The molecule has 6 heteroatoms. The maximum absolute atomic E-state index is 12.6. The molecule has 0 radical (unpaired) electrons. The van der Waals surface area contributed by atoms with Gasteiger partial charge in [0, 0.05) is 25.2 Å². The Bertz CT molecular complexity index is 807. The van der Waals surface area contributed by atoms with E-state index >= 15 is 0 Å². The second-order valence-corrected chi connectivity index (χ2v) is 7.65. The minimum absolute atomic E-state index is 0.136. The Kier molecular flexibility index (Phi) is 5.95. The zero-order valence-corrected chi connectivity index (χ0v) is 17.1. The molecule has 0 unspecified atom stereocenters. The van der Waals surface area contributed by atoms with E-state index in [1.54, 1.807) is 0 Å². The standard InChI is InChI=1S/C21H31N5O/c1-6-17(7-2)22-21(27)20-15(5)26(24-23-20)19-10-8-9-16-13-25(14(3)4)12-11-18(16)19/h8-10,14,17H,6-7,11-13H2,1-5H3,(H,22,27). The minimum atomic E-state index is -0.136. The largest absolute Gasteiger partial charge is 0.348 e. The number of carbonyl (C=O) groups excluding carboxylic acids is 1. The van der Waals surface area contributed by atoms with Crippen molar-refractivity contribution in [3.05, 3.63) is 40.7 Å². The highest BCUT2D eigenvalue weighted by molar-refractivity contribution is 5.93. The first-order chi connectivity index (χ1) is 13.0. The van der Waals surface area contributed by atoms with Crippen LogP contribution in [-0.2, 0) is 13.0 Å². The minimum Gasteiger partial charge on any atom is -0.348 e. The summed E-state index contributed by atoms with van der Waals surface area (Å²) in [5.74, 6) is -0.136. The van der Waals surface area contributed by atoms with Crippen LogP contribution in [0.4, 0.5) is 0 Å². The molecule has 1 aromatic carbocycles. The monoisotopic (exact) mass is 369 g/mol. The van der Waals surface area contributed by atoms with Gasteiger partial charge >= 0.3 is 0 Å². The van der Waals surface area contributed by atoms with Gasteiger partial charge in [0.2, 0.25) is 0 Å². The van der Waals surface area contributed by atoms with Crippen LogP contribution < -0.4 is 5.32 Å². The average Bonchev–Trinajstić information content (AvgIpc) is 3.06. The van der Waals surface area contributed by atoms with Gasteiger partial charge in [-0.1, -0.05) is 31.2 Å². The molecular formula is C21H31N5O. The summed E-state index contributed by atoms with van der Waals surface area (Å²) in [5.41, 5.74) is 4.90. The topological polar surface area (TPSA) is 63.1 Å². The molecule has 146 valence electrons. The number of hydrogen-bond donors (Lipinski definition) is 1. The van der Waals surface area contributed by atoms with Gasteiger partial charge in [0.05, 0.1) is 11.4 Å². The molecule has 1 aliphatic rings. The quantitative estimate of drug-likeness (QED) is 0.849. The van der Waals surface area contributed by atoms with Crippen molar-refractivity contribution in [3.8, 4) is 5.69 Å². The molecule has 0 fully saturated rings. The van der Waals surface area contributed by atoms with Crippen LogP contribution >= 0.6 is 0 Å². The normalized spacial score (nSPS) is 14.6. The van der Waals surface area contributed by atoms with Gasteiger partial charge in [-0.25, -0.2) is 4.68 Å². The number of aromatic nitrogens is 3. The van der Waals surface area contributed by atoms with Gasteiger partial charge < -0.3 is 5.32 Å². The second kappa shape index (κ2) is 8.21. The molecule has 2 heterocycles. The van der Waals surface area contributed by atoms with Crippen molar-refractivity contribution in [2.45, 2.75) is 72.5 Å². The van der Waals surface area contributed by atoms with E-state index in [9.17, 15) is 4.79 Å². The van der Waals surface area contributed by atoms with Crippen LogP contribution in [0.1, 0.15) is 67.8 Å². The van der Waals surface area contributed by atoms with Crippen LogP contribution in [0.25, 0.3) is 5.69 Å². The van der Waals surface area contributed by atoms with Crippen molar-refractivity contribution in [3.63, 3.8) is 0 Å². The molecule has 1 aliphatic heterocycles. The van der Waals surface area contributed by atoms with E-state index in [1.807, 2.05) is 11.6 Å². The van der Waals surface area contributed by atoms with E-state index < -0.39 is 0 Å². The summed E-state index contributed by atoms with van der Waals surface area (Å²) < 4.78 is 1.83. The van der Waals surface area contributed by atoms with Crippen molar-refractivity contribution in [1.29, 1.82) is 0 Å². The molecule has 0 saturated heterocycles. The summed E-state index contributed by atoms with van der Waals surface area (Å²) >= 11 is 0. The first-order valence-corrected chi connectivity index (χ1v) is 10.0. The van der Waals surface area contributed by atoms with Crippen LogP contribution in [0.5, 0.6) is 0 Å². The summed E-state index contributed by atoms with van der Waals surface area (Å²) in [6.45, 7) is 12.5. The fourth-order valence-corrected chi connectivity index (χ4v) is 3.76. The number of nitrogens with zero attached hydrogens (tertiary/aromatic N) is 4. The number of nitrogens with one attached hydrogen (secondary N) is 1. The van der Waals surface area contributed by atoms with Gasteiger partial charge in [-0.05, 0) is 57.2 Å². The maximum Gasteiger partial charge on any atom is 0.273 e. The zero-order valence-electron chi connectivity index (χ0n) is 17.1. The summed E-state index contributed by atoms with van der Waals surface area (Å²) in [5, 5.41) is 11.6. The molecule has 0 aliphatic carbocycles. The van der Waals surface area contributed by atoms with E-state index in [1.165, 1.54) is 11.1 Å². The summed E-state index contributed by atoms with van der Waals surface area (Å²) in [4.78, 5) is 15.1. The van der Waals surface area contributed by atoms with Crippen molar-refractivity contribution in [2.24, 2.45) is 0 Å². The summed E-state index contributed by atoms with van der Waals surface area (Å²) in [7, 11) is 0. The van der Waals surface area contributed by atoms with Gasteiger partial charge in [0.25, 0.3) is 5.91 Å². The molecule has 3 rings (SSSR count). The fourth-order valence-electron chi connectivity index (χ4n) is 3.76. The van der Waals surface area contributed by atoms with Crippen LogP contribution in [0.2, 0.25) is 0 Å². The Morgan fingerprint density at radius 1 is 1.26 bits per heavy atom. The molecule has 27 heavy (non-hydrogen) atoms. The van der Waals surface area contributed by atoms with Crippen LogP contribution in [-0.4, -0.2) is 44.4 Å². The Labute approximate surface area is 161 Å². The van der Waals surface area contributed by atoms with E-state index in [0.717, 1.165) is 43.7 Å². The lowest BCUT2D eigenvalue weighted by molar-refractivity contribution is 0.0929. The molecule has 0 saturated carbocycles. The van der Waals surface area contributed by atoms with Gasteiger partial charge in [-0.15, -0.1) is 5.10 Å². The third kappa shape index (κ3) is 3.90. The van der Waals surface area contributed by atoms with E-state index in [2.05, 4.69) is 66.4 Å². The summed E-state index contributed by atoms with van der Waals surface area (Å²) in [6.07, 6.45) is 2.81. The van der Waals surface area contributed by atoms with E-state index in [4.69, 9.17) is 0 Å². The van der Waals surface area contributed by atoms with E-state index in [-0.39, 0.29) is 11.9 Å². The first-order valence-electron chi connectivity index (χ1n) is 10.0. The third-order valence-electron chi connectivity index (χ3n) is 5.66. The number of rotatable bonds is 6. The molecule has 6 nitrogen and oxygen atoms in total. The predicted molar refractivity (Wildman–Crippen MR) is 107 cm³/mol. The van der Waals surface area contributed by atoms with Crippen molar-refractivity contribution < 1.29 is 4.79 Å². The highest BCUT2D eigenvalue weighted by atomic mass is 16.2. The highest BCUT2D eigenvalue weighted by Crippen LogP contribution is 2.27. The number of carbonyl (C=O) groups is 1. The molecule has 0 atom stereocenters. The maximum atomic E-state index is 12.6. The number of amides is 1. The van der Waals surface area contributed by atoms with Crippen molar-refractivity contribution >= 4 is 5.91 Å². The van der Waals surface area contributed by atoms with Gasteiger partial charge in [0.15, 0.2) is 5.69 Å². The Morgan fingerprint density at radius 3 is 2.67 bits per heavy atom. The molecular weight excluding hydrogens is 338 g/mol. The van der Waals surface area contributed by atoms with Crippen LogP contribution in [0.3, 0.4) is 0 Å². The lowest BCUT2D eigenvalue weighted by Gasteiger charge is -2.32. The highest BCUT2D eigenvalue weighted by Gasteiger charge is 2.24. The number of fused-ring (bicyclic) bond motifs is 1. The third-order valence-corrected chi connectivity index (χ3v) is 5.66. The Morgan fingerprint density at radius 2 is 2.00 bits per heavy atom. The molecule has 2 aromatic rings. The average molecular weight is 370 g/mol. The SMILES string of the molecule is CCC(CC)NC(=O)c1nnn(-c2cccc3c2CCN(C(C)C)C3)c1C. The van der Waals surface area contributed by atoms with Crippen molar-refractivity contribution in [1.82, 2.24) is 25.2 Å². The lowest BCUT2D eigenvalue weighted by atomic mass is 9.97. The molecule has 1 N–H and O–H groups in total. The molecule has 0 bridgehead atoms. The fraction of sp³-hybridized carbons (Fsp3) is 0.571. The molecule has 0 spiro atoms. The Hall–Kier alpha value is -2.21. The van der Waals surface area contributed by atoms with Crippen molar-refractivity contribution in [2.75, 3.05) is 6.54 Å². The van der Waals surface area contributed by atoms with Crippen LogP contribution in [0, 0.1) is 6.92 Å². The Balaban J connectivity index is 1.90. The smallest absolute Gasteiger partial charge is 0.273 e. The lowest BCUT2D eigenvalue weighted by Crippen LogP contribution is -2.36. The molecule has 1 amide bonds. The predicted octanol–water partition coefficient (Wildman–Crippen LogP) is 3.26. The number of benzene rings is 1.